The topological polar surface area (TPSA) is 173 Å². The van der Waals surface area contributed by atoms with Crippen LogP contribution in [0.5, 0.6) is 11.5 Å². The molecule has 0 unspecified atom stereocenters. The summed E-state index contributed by atoms with van der Waals surface area (Å²) in [5, 5.41) is 13.2. The van der Waals surface area contributed by atoms with Crippen LogP contribution in [0.15, 0.2) is 76.6 Å². The maximum atomic E-state index is 13.1. The molecule has 4 aromatic rings. The summed E-state index contributed by atoms with van der Waals surface area (Å²) in [6.45, 7) is 0.525. The van der Waals surface area contributed by atoms with Crippen LogP contribution in [-0.2, 0) is 21.2 Å². The highest BCUT2D eigenvalue weighted by atomic mass is 32.2. The Morgan fingerprint density at radius 3 is 2.65 bits per heavy atom. The van der Waals surface area contributed by atoms with Crippen LogP contribution in [0, 0.1) is 0 Å². The number of sulfonamides is 1. The fourth-order valence-corrected chi connectivity index (χ4v) is 5.22. The van der Waals surface area contributed by atoms with Crippen LogP contribution in [0.1, 0.15) is 11.4 Å². The molecule has 4 N–H and O–H groups in total. The molecular formula is C27H27N5O7S. The normalized spacial score (nSPS) is 12.3. The van der Waals surface area contributed by atoms with Gasteiger partial charge >= 0.3 is 5.97 Å². The van der Waals surface area contributed by atoms with Crippen LogP contribution in [0.3, 0.4) is 0 Å². The van der Waals surface area contributed by atoms with E-state index < -0.39 is 34.0 Å². The van der Waals surface area contributed by atoms with Crippen molar-refractivity contribution in [1.82, 2.24) is 19.7 Å². The van der Waals surface area contributed by atoms with Gasteiger partial charge in [0.1, 0.15) is 34.1 Å². The Hall–Kier alpha value is -4.75. The van der Waals surface area contributed by atoms with Gasteiger partial charge in [-0.3, -0.25) is 9.59 Å². The van der Waals surface area contributed by atoms with Gasteiger partial charge in [0.05, 0.1) is 25.1 Å². The summed E-state index contributed by atoms with van der Waals surface area (Å²) in [5.74, 6) is -0.455. The van der Waals surface area contributed by atoms with E-state index in [0.29, 0.717) is 17.4 Å². The standard InChI is InChI=1S/C27H27N5O7S/c1-38-18-9-11-22(39-2)23(15-18)40(36,37)32-21(27(34)35)16-25-30-20-10-8-17(14-19(20)26(33)31-25)6-5-13-29-24-7-3-4-12-28-24/h3-12,14-15,21,32H,13,16H2,1-2H3,(H,28,29)(H,34,35)(H,30,31,33)/t21-/m0/s1. The summed E-state index contributed by atoms with van der Waals surface area (Å²) >= 11 is 0. The molecule has 2 heterocycles. The average molecular weight is 566 g/mol. The third kappa shape index (κ3) is 6.81. The molecule has 0 bridgehead atoms. The number of carbonyl (C=O) groups is 1. The zero-order valence-electron chi connectivity index (χ0n) is 21.6. The maximum Gasteiger partial charge on any atom is 0.322 e. The Labute approximate surface area is 229 Å². The molecule has 0 spiro atoms. The van der Waals surface area contributed by atoms with Crippen molar-refractivity contribution in [3.05, 3.63) is 88.6 Å². The second-order valence-corrected chi connectivity index (χ2v) is 10.2. The van der Waals surface area contributed by atoms with Crippen LogP contribution >= 0.6 is 0 Å². The van der Waals surface area contributed by atoms with Crippen molar-refractivity contribution in [2.45, 2.75) is 17.4 Å². The van der Waals surface area contributed by atoms with Crippen molar-refractivity contribution in [2.75, 3.05) is 26.1 Å². The summed E-state index contributed by atoms with van der Waals surface area (Å²) < 4.78 is 38.5. The molecule has 2 aromatic carbocycles. The minimum Gasteiger partial charge on any atom is -0.497 e. The number of carboxylic acids is 1. The number of H-pyrrole nitrogens is 1. The van der Waals surface area contributed by atoms with Crippen LogP contribution in [0.2, 0.25) is 0 Å². The van der Waals surface area contributed by atoms with E-state index in [1.807, 2.05) is 30.4 Å². The number of benzene rings is 2. The van der Waals surface area contributed by atoms with Crippen molar-refractivity contribution in [1.29, 1.82) is 0 Å². The number of fused-ring (bicyclic) bond motifs is 1. The van der Waals surface area contributed by atoms with Gasteiger partial charge in [-0.2, -0.15) is 4.72 Å². The van der Waals surface area contributed by atoms with Crippen LogP contribution in [0.25, 0.3) is 17.0 Å². The molecule has 2 aromatic heterocycles. The van der Waals surface area contributed by atoms with Gasteiger partial charge < -0.3 is 24.9 Å². The lowest BCUT2D eigenvalue weighted by atomic mass is 10.1. The predicted molar refractivity (Wildman–Crippen MR) is 149 cm³/mol. The Morgan fingerprint density at radius 2 is 1.95 bits per heavy atom. The van der Waals surface area contributed by atoms with Crippen molar-refractivity contribution < 1.29 is 27.8 Å². The number of nitrogens with zero attached hydrogens (tertiary/aromatic N) is 2. The van der Waals surface area contributed by atoms with Gasteiger partial charge in [0, 0.05) is 25.2 Å². The molecular weight excluding hydrogens is 538 g/mol. The van der Waals surface area contributed by atoms with Gasteiger partial charge in [0.25, 0.3) is 5.56 Å². The predicted octanol–water partition coefficient (Wildman–Crippen LogP) is 2.43. The number of pyridine rings is 1. The summed E-state index contributed by atoms with van der Waals surface area (Å²) in [6.07, 6.45) is 5.00. The van der Waals surface area contributed by atoms with Crippen LogP contribution in [-0.4, -0.2) is 61.3 Å². The summed E-state index contributed by atoms with van der Waals surface area (Å²) in [5.41, 5.74) is 0.617. The van der Waals surface area contributed by atoms with Gasteiger partial charge in [-0.1, -0.05) is 24.3 Å². The van der Waals surface area contributed by atoms with Crippen LogP contribution < -0.4 is 25.1 Å². The lowest BCUT2D eigenvalue weighted by molar-refractivity contribution is -0.139. The van der Waals surface area contributed by atoms with E-state index >= 15 is 0 Å². The summed E-state index contributed by atoms with van der Waals surface area (Å²) in [7, 11) is -1.70. The molecule has 0 aliphatic heterocycles. The van der Waals surface area contributed by atoms with Gasteiger partial charge in [-0.05, 0) is 42.0 Å². The van der Waals surface area contributed by atoms with E-state index in [4.69, 9.17) is 9.47 Å². The van der Waals surface area contributed by atoms with E-state index in [-0.39, 0.29) is 22.2 Å². The second kappa shape index (κ2) is 12.4. The average Bonchev–Trinajstić information content (AvgIpc) is 2.95. The quantitative estimate of drug-likeness (QED) is 0.200. The van der Waals surface area contributed by atoms with Crippen molar-refractivity contribution in [3.8, 4) is 11.5 Å². The number of aromatic nitrogens is 3. The Kier molecular flexibility index (Phi) is 8.76. The monoisotopic (exact) mass is 565 g/mol. The van der Waals surface area contributed by atoms with Crippen LogP contribution in [0.4, 0.5) is 5.82 Å². The Bertz CT molecular complexity index is 1710. The first-order valence-corrected chi connectivity index (χ1v) is 13.5. The molecule has 0 radical (unpaired) electrons. The summed E-state index contributed by atoms with van der Waals surface area (Å²) in [4.78, 5) is 35.6. The number of nitrogens with one attached hydrogen (secondary N) is 3. The van der Waals surface area contributed by atoms with Gasteiger partial charge in [-0.15, -0.1) is 0 Å². The molecule has 40 heavy (non-hydrogen) atoms. The van der Waals surface area contributed by atoms with E-state index in [2.05, 4.69) is 25.0 Å². The highest BCUT2D eigenvalue weighted by Gasteiger charge is 2.29. The lowest BCUT2D eigenvalue weighted by Crippen LogP contribution is -2.43. The number of hydrogen-bond donors (Lipinski definition) is 4. The van der Waals surface area contributed by atoms with E-state index in [1.54, 1.807) is 24.4 Å². The number of hydrogen-bond acceptors (Lipinski definition) is 9. The van der Waals surface area contributed by atoms with Gasteiger partial charge in [0.2, 0.25) is 10.0 Å². The lowest BCUT2D eigenvalue weighted by Gasteiger charge is -2.17. The minimum absolute atomic E-state index is 0.00652. The third-order valence-corrected chi connectivity index (χ3v) is 7.30. The number of anilines is 1. The van der Waals surface area contributed by atoms with E-state index in [1.165, 1.54) is 32.4 Å². The van der Waals surface area contributed by atoms with Crippen molar-refractivity contribution in [3.63, 3.8) is 0 Å². The van der Waals surface area contributed by atoms with Gasteiger partial charge in [0.15, 0.2) is 0 Å². The van der Waals surface area contributed by atoms with Gasteiger partial charge in [-0.25, -0.2) is 18.4 Å². The molecule has 0 saturated carbocycles. The number of ether oxygens (including phenoxy) is 2. The molecule has 13 heteroatoms. The second-order valence-electron chi connectivity index (χ2n) is 8.52. The fraction of sp³-hybridized carbons (Fsp3) is 0.185. The highest BCUT2D eigenvalue weighted by molar-refractivity contribution is 7.89. The first kappa shape index (κ1) is 28.3. The number of rotatable bonds is 12. The molecule has 0 saturated heterocycles. The summed E-state index contributed by atoms with van der Waals surface area (Å²) in [6, 6.07) is 13.1. The molecule has 12 nitrogen and oxygen atoms in total. The number of methoxy groups -OCH3 is 2. The Morgan fingerprint density at radius 1 is 1.12 bits per heavy atom. The first-order valence-electron chi connectivity index (χ1n) is 12.0. The molecule has 0 amide bonds. The molecule has 4 rings (SSSR count). The first-order chi connectivity index (χ1) is 19.2. The third-order valence-electron chi connectivity index (χ3n) is 5.81. The highest BCUT2D eigenvalue weighted by Crippen LogP contribution is 2.28. The number of carboxylic acid groups (broad SMARTS) is 1. The minimum atomic E-state index is -4.36. The van der Waals surface area contributed by atoms with E-state index in [9.17, 15) is 23.1 Å². The van der Waals surface area contributed by atoms with Crippen molar-refractivity contribution >= 4 is 38.8 Å². The van der Waals surface area contributed by atoms with Crippen molar-refractivity contribution in [2.24, 2.45) is 0 Å². The fourth-order valence-electron chi connectivity index (χ4n) is 3.85. The van der Waals surface area contributed by atoms with E-state index in [0.717, 1.165) is 11.4 Å². The molecule has 0 fully saturated rings. The maximum absolute atomic E-state index is 13.1. The zero-order chi connectivity index (χ0) is 28.7. The molecule has 1 atom stereocenters. The SMILES string of the molecule is COc1ccc(OC)c(S(=O)(=O)N[C@@H](Cc2nc3ccc(C=CCNc4ccccn4)cc3c(=O)[nH]2)C(=O)O)c1. The molecule has 0 aliphatic carbocycles. The smallest absolute Gasteiger partial charge is 0.322 e. The Balaban J connectivity index is 1.52. The largest absolute Gasteiger partial charge is 0.497 e. The zero-order valence-corrected chi connectivity index (χ0v) is 22.4. The number of aromatic amines is 1. The number of aliphatic carboxylic acids is 1. The molecule has 208 valence electrons. The molecule has 0 aliphatic rings.